The van der Waals surface area contributed by atoms with Crippen LogP contribution in [0.4, 0.5) is 17.1 Å². The van der Waals surface area contributed by atoms with Gasteiger partial charge in [-0.25, -0.2) is 0 Å². The third-order valence-corrected chi connectivity index (χ3v) is 6.06. The molecule has 1 fully saturated rings. The number of amides is 2. The van der Waals surface area contributed by atoms with E-state index < -0.39 is 0 Å². The Balaban J connectivity index is 1.40. The number of carbonyl (C=O) groups excluding carboxylic acids is 2. The van der Waals surface area contributed by atoms with Crippen LogP contribution in [0.3, 0.4) is 0 Å². The van der Waals surface area contributed by atoms with Crippen LogP contribution in [0.25, 0.3) is 6.08 Å². The molecular weight excluding hydrogens is 450 g/mol. The lowest BCUT2D eigenvalue weighted by Gasteiger charge is -2.18. The zero-order valence-electron chi connectivity index (χ0n) is 18.7. The summed E-state index contributed by atoms with van der Waals surface area (Å²) >= 11 is 5.93. The van der Waals surface area contributed by atoms with Gasteiger partial charge < -0.3 is 21.3 Å². The fraction of sp³-hybridized carbons (Fsp3) is 0.192. The van der Waals surface area contributed by atoms with Gasteiger partial charge >= 0.3 is 0 Å². The van der Waals surface area contributed by atoms with Crippen LogP contribution < -0.4 is 16.4 Å². The predicted molar refractivity (Wildman–Crippen MR) is 137 cm³/mol. The van der Waals surface area contributed by atoms with Gasteiger partial charge in [0.05, 0.1) is 23.0 Å². The summed E-state index contributed by atoms with van der Waals surface area (Å²) in [6.07, 6.45) is 4.84. The number of nitrogens with zero attached hydrogens (tertiary/aromatic N) is 2. The Bertz CT molecular complexity index is 1190. The number of anilines is 3. The highest BCUT2D eigenvalue weighted by atomic mass is 35.5. The van der Waals surface area contributed by atoms with E-state index >= 15 is 0 Å². The van der Waals surface area contributed by atoms with Gasteiger partial charge in [0.15, 0.2) is 0 Å². The molecule has 1 saturated heterocycles. The molecule has 4 rings (SSSR count). The van der Waals surface area contributed by atoms with E-state index in [0.29, 0.717) is 28.6 Å². The van der Waals surface area contributed by atoms with Gasteiger partial charge in [0, 0.05) is 42.0 Å². The first-order valence-corrected chi connectivity index (χ1v) is 11.3. The molecule has 4 N–H and O–H groups in total. The third-order valence-electron chi connectivity index (χ3n) is 5.81. The van der Waals surface area contributed by atoms with Crippen molar-refractivity contribution in [3.8, 4) is 0 Å². The number of para-hydroxylation sites is 2. The highest BCUT2D eigenvalue weighted by molar-refractivity contribution is 6.30. The number of nitrogen functional groups attached to an aromatic ring is 1. The Labute approximate surface area is 203 Å². The minimum Gasteiger partial charge on any atom is -0.397 e. The number of rotatable bonds is 6. The molecule has 1 aliphatic heterocycles. The number of benzene rings is 2. The van der Waals surface area contributed by atoms with Crippen molar-refractivity contribution in [2.24, 2.45) is 5.92 Å². The molecule has 1 aromatic heterocycles. The van der Waals surface area contributed by atoms with E-state index in [4.69, 9.17) is 17.3 Å². The molecule has 174 valence electrons. The quantitative estimate of drug-likeness (QED) is 0.365. The van der Waals surface area contributed by atoms with Gasteiger partial charge in [0.25, 0.3) is 0 Å². The summed E-state index contributed by atoms with van der Waals surface area (Å²) in [4.78, 5) is 31.8. The summed E-state index contributed by atoms with van der Waals surface area (Å²) in [5.74, 6) is -0.504. The van der Waals surface area contributed by atoms with E-state index in [9.17, 15) is 9.59 Å². The Morgan fingerprint density at radius 1 is 1.06 bits per heavy atom. The molecule has 0 aliphatic carbocycles. The molecule has 2 amide bonds. The standard InChI is InChI=1S/C26H26ClN5O2/c1-32-15-21(22(16-32)26(34)30-20-10-7-18(27)8-11-20)17-6-9-19(29-14-17)12-13-25(33)31-24-5-3-2-4-23(24)28/h2-14,21-22H,15-16,28H2,1H3,(H,30,34)(H,31,33)/b13-12+. The average molecular weight is 476 g/mol. The van der Waals surface area contributed by atoms with E-state index in [2.05, 4.69) is 20.5 Å². The molecule has 2 atom stereocenters. The summed E-state index contributed by atoms with van der Waals surface area (Å²) in [6, 6.07) is 18.0. The Morgan fingerprint density at radius 2 is 1.82 bits per heavy atom. The fourth-order valence-corrected chi connectivity index (χ4v) is 4.18. The maximum Gasteiger partial charge on any atom is 0.248 e. The number of hydrogen-bond acceptors (Lipinski definition) is 5. The highest BCUT2D eigenvalue weighted by Gasteiger charge is 2.37. The minimum absolute atomic E-state index is 0.0205. The lowest BCUT2D eigenvalue weighted by molar-refractivity contribution is -0.119. The first-order valence-electron chi connectivity index (χ1n) is 10.9. The van der Waals surface area contributed by atoms with Crippen LogP contribution >= 0.6 is 11.6 Å². The lowest BCUT2D eigenvalue weighted by atomic mass is 9.89. The molecule has 2 heterocycles. The van der Waals surface area contributed by atoms with Gasteiger partial charge in [-0.05, 0) is 61.2 Å². The third kappa shape index (κ3) is 5.81. The topological polar surface area (TPSA) is 100 Å². The second-order valence-corrected chi connectivity index (χ2v) is 8.79. The number of aromatic nitrogens is 1. The summed E-state index contributed by atoms with van der Waals surface area (Å²) in [6.45, 7) is 1.42. The SMILES string of the molecule is CN1CC(C(=O)Nc2ccc(Cl)cc2)C(c2ccc(/C=C/C(=O)Nc3ccccc3N)nc2)C1. The molecule has 2 unspecified atom stereocenters. The second kappa shape index (κ2) is 10.5. The van der Waals surface area contributed by atoms with Crippen molar-refractivity contribution in [1.82, 2.24) is 9.88 Å². The van der Waals surface area contributed by atoms with Gasteiger partial charge in [-0.2, -0.15) is 0 Å². The summed E-state index contributed by atoms with van der Waals surface area (Å²) in [7, 11) is 2.01. The molecule has 0 saturated carbocycles. The fourth-order valence-electron chi connectivity index (χ4n) is 4.05. The van der Waals surface area contributed by atoms with Crippen molar-refractivity contribution in [2.75, 3.05) is 36.5 Å². The van der Waals surface area contributed by atoms with Crippen LogP contribution in [0.2, 0.25) is 5.02 Å². The van der Waals surface area contributed by atoms with E-state index in [1.807, 2.05) is 19.2 Å². The van der Waals surface area contributed by atoms with Gasteiger partial charge in [-0.15, -0.1) is 0 Å². The maximum atomic E-state index is 13.0. The van der Waals surface area contributed by atoms with Gasteiger partial charge in [-0.3, -0.25) is 14.6 Å². The zero-order valence-corrected chi connectivity index (χ0v) is 19.5. The Morgan fingerprint density at radius 3 is 2.53 bits per heavy atom. The lowest BCUT2D eigenvalue weighted by Crippen LogP contribution is -2.28. The number of likely N-dealkylation sites (tertiary alicyclic amines) is 1. The molecule has 34 heavy (non-hydrogen) atoms. The number of pyridine rings is 1. The number of nitrogens with two attached hydrogens (primary N) is 1. The van der Waals surface area contributed by atoms with E-state index in [1.54, 1.807) is 60.8 Å². The normalized spacial score (nSPS) is 18.2. The van der Waals surface area contributed by atoms with Crippen LogP contribution in [0.5, 0.6) is 0 Å². The van der Waals surface area contributed by atoms with Crippen LogP contribution in [0.1, 0.15) is 17.2 Å². The largest absolute Gasteiger partial charge is 0.397 e. The van der Waals surface area contributed by atoms with E-state index in [0.717, 1.165) is 17.8 Å². The smallest absolute Gasteiger partial charge is 0.248 e. The van der Waals surface area contributed by atoms with Gasteiger partial charge in [0.1, 0.15) is 0 Å². The summed E-state index contributed by atoms with van der Waals surface area (Å²) < 4.78 is 0. The van der Waals surface area contributed by atoms with E-state index in [1.165, 1.54) is 6.08 Å². The van der Waals surface area contributed by atoms with Gasteiger partial charge in [-0.1, -0.05) is 29.8 Å². The van der Waals surface area contributed by atoms with Crippen molar-refractivity contribution in [2.45, 2.75) is 5.92 Å². The van der Waals surface area contributed by atoms with Crippen LogP contribution in [-0.2, 0) is 9.59 Å². The predicted octanol–water partition coefficient (Wildman–Crippen LogP) is 4.25. The molecule has 1 aliphatic rings. The monoisotopic (exact) mass is 475 g/mol. The average Bonchev–Trinajstić information content (AvgIpc) is 3.23. The Kier molecular flexibility index (Phi) is 7.25. The van der Waals surface area contributed by atoms with Crippen LogP contribution in [-0.4, -0.2) is 41.8 Å². The number of halogens is 1. The molecular formula is C26H26ClN5O2. The highest BCUT2D eigenvalue weighted by Crippen LogP contribution is 2.33. The van der Waals surface area contributed by atoms with Crippen molar-refractivity contribution < 1.29 is 9.59 Å². The van der Waals surface area contributed by atoms with Crippen LogP contribution in [0, 0.1) is 5.92 Å². The summed E-state index contributed by atoms with van der Waals surface area (Å²) in [5.41, 5.74) is 9.27. The van der Waals surface area contributed by atoms with Crippen molar-refractivity contribution in [3.05, 3.63) is 89.2 Å². The first kappa shape index (κ1) is 23.5. The number of carbonyl (C=O) groups is 2. The van der Waals surface area contributed by atoms with E-state index in [-0.39, 0.29) is 23.7 Å². The first-order chi connectivity index (χ1) is 16.4. The second-order valence-electron chi connectivity index (χ2n) is 8.36. The van der Waals surface area contributed by atoms with Crippen LogP contribution in [0.15, 0.2) is 72.9 Å². The zero-order chi connectivity index (χ0) is 24.1. The number of likely N-dealkylation sites (N-methyl/N-ethyl adjacent to an activating group) is 1. The molecule has 0 spiro atoms. The van der Waals surface area contributed by atoms with Gasteiger partial charge in [0.2, 0.25) is 11.8 Å². The molecule has 0 radical (unpaired) electrons. The minimum atomic E-state index is -0.292. The molecule has 0 bridgehead atoms. The molecule has 7 nitrogen and oxygen atoms in total. The van der Waals surface area contributed by atoms with Crippen molar-refractivity contribution in [1.29, 1.82) is 0 Å². The molecule has 8 heteroatoms. The van der Waals surface area contributed by atoms with Crippen molar-refractivity contribution in [3.63, 3.8) is 0 Å². The number of nitrogens with one attached hydrogen (secondary N) is 2. The molecule has 2 aromatic carbocycles. The molecule has 3 aromatic rings. The number of hydrogen-bond donors (Lipinski definition) is 3. The maximum absolute atomic E-state index is 13.0. The van der Waals surface area contributed by atoms with Crippen molar-refractivity contribution >= 4 is 46.6 Å². The summed E-state index contributed by atoms with van der Waals surface area (Å²) in [5, 5.41) is 6.36. The Hall–Kier alpha value is -3.68.